The standard InChI is InChI=1S/C15H32N2O/c1-5-6-7-8-13(17-16)15(18-4)11-9-14(2,3)10-12-15/h13,17H,5-12,16H2,1-4H3. The van der Waals surface area contributed by atoms with Gasteiger partial charge in [0.15, 0.2) is 0 Å². The number of rotatable bonds is 7. The minimum atomic E-state index is -0.0436. The molecule has 1 aliphatic rings. The lowest BCUT2D eigenvalue weighted by atomic mass is 9.68. The number of hydrogen-bond donors (Lipinski definition) is 2. The summed E-state index contributed by atoms with van der Waals surface area (Å²) < 4.78 is 5.91. The maximum absolute atomic E-state index is 5.91. The lowest BCUT2D eigenvalue weighted by molar-refractivity contribution is -0.0883. The SMILES string of the molecule is CCCCCC(NN)C1(OC)CCC(C)(C)CC1. The number of nitrogens with two attached hydrogens (primary N) is 1. The predicted octanol–water partition coefficient (Wildman–Crippen LogP) is 3.38. The van der Waals surface area contributed by atoms with Crippen LogP contribution in [0.15, 0.2) is 0 Å². The lowest BCUT2D eigenvalue weighted by Crippen LogP contribution is -2.56. The molecule has 0 radical (unpaired) electrons. The van der Waals surface area contributed by atoms with Gasteiger partial charge in [0, 0.05) is 7.11 Å². The van der Waals surface area contributed by atoms with Crippen LogP contribution >= 0.6 is 0 Å². The van der Waals surface area contributed by atoms with Crippen molar-refractivity contribution in [2.24, 2.45) is 11.3 Å². The molecule has 1 fully saturated rings. The summed E-state index contributed by atoms with van der Waals surface area (Å²) in [5.74, 6) is 5.78. The van der Waals surface area contributed by atoms with E-state index in [0.29, 0.717) is 11.5 Å². The number of ether oxygens (including phenoxy) is 1. The Labute approximate surface area is 113 Å². The molecule has 1 saturated carbocycles. The van der Waals surface area contributed by atoms with Crippen molar-refractivity contribution in [3.8, 4) is 0 Å². The first kappa shape index (κ1) is 15.9. The van der Waals surface area contributed by atoms with E-state index < -0.39 is 0 Å². The second-order valence-electron chi connectivity index (χ2n) is 6.65. The van der Waals surface area contributed by atoms with Crippen LogP contribution in [0.4, 0.5) is 0 Å². The Morgan fingerprint density at radius 3 is 2.22 bits per heavy atom. The molecular formula is C15H32N2O. The average Bonchev–Trinajstić information content (AvgIpc) is 2.36. The maximum Gasteiger partial charge on any atom is 0.0844 e. The van der Waals surface area contributed by atoms with Gasteiger partial charge < -0.3 is 4.74 Å². The Morgan fingerprint density at radius 2 is 1.78 bits per heavy atom. The number of hydrogen-bond acceptors (Lipinski definition) is 3. The van der Waals surface area contributed by atoms with Crippen LogP contribution in [-0.4, -0.2) is 18.8 Å². The molecule has 18 heavy (non-hydrogen) atoms. The van der Waals surface area contributed by atoms with Crippen molar-refractivity contribution < 1.29 is 4.74 Å². The predicted molar refractivity (Wildman–Crippen MR) is 77.2 cm³/mol. The molecule has 3 heteroatoms. The Bertz CT molecular complexity index is 231. The average molecular weight is 256 g/mol. The fraction of sp³-hybridized carbons (Fsp3) is 1.00. The van der Waals surface area contributed by atoms with Crippen LogP contribution in [0.2, 0.25) is 0 Å². The summed E-state index contributed by atoms with van der Waals surface area (Å²) in [4.78, 5) is 0. The van der Waals surface area contributed by atoms with Crippen LogP contribution in [-0.2, 0) is 4.74 Å². The summed E-state index contributed by atoms with van der Waals surface area (Å²) in [5.41, 5.74) is 3.44. The number of methoxy groups -OCH3 is 1. The van der Waals surface area contributed by atoms with Crippen LogP contribution in [0.3, 0.4) is 0 Å². The van der Waals surface area contributed by atoms with Crippen molar-refractivity contribution >= 4 is 0 Å². The molecule has 1 atom stereocenters. The van der Waals surface area contributed by atoms with E-state index in [0.717, 1.165) is 19.3 Å². The quantitative estimate of drug-likeness (QED) is 0.417. The first-order valence-corrected chi connectivity index (χ1v) is 7.51. The largest absolute Gasteiger partial charge is 0.377 e. The van der Waals surface area contributed by atoms with Crippen molar-refractivity contribution in [1.29, 1.82) is 0 Å². The number of nitrogens with one attached hydrogen (secondary N) is 1. The molecule has 0 aromatic rings. The van der Waals surface area contributed by atoms with Crippen molar-refractivity contribution in [2.45, 2.75) is 83.8 Å². The highest BCUT2D eigenvalue weighted by molar-refractivity contribution is 4.97. The number of unbranched alkanes of at least 4 members (excludes halogenated alkanes) is 2. The van der Waals surface area contributed by atoms with Crippen molar-refractivity contribution in [3.05, 3.63) is 0 Å². The van der Waals surface area contributed by atoms with E-state index >= 15 is 0 Å². The van der Waals surface area contributed by atoms with Gasteiger partial charge in [-0.2, -0.15) is 0 Å². The van der Waals surface area contributed by atoms with Crippen LogP contribution < -0.4 is 11.3 Å². The van der Waals surface area contributed by atoms with Crippen LogP contribution in [0.5, 0.6) is 0 Å². The summed E-state index contributed by atoms with van der Waals surface area (Å²) in [6.07, 6.45) is 9.60. The highest BCUT2D eigenvalue weighted by Gasteiger charge is 2.43. The zero-order valence-corrected chi connectivity index (χ0v) is 12.7. The van der Waals surface area contributed by atoms with Crippen molar-refractivity contribution in [1.82, 2.24) is 5.43 Å². The highest BCUT2D eigenvalue weighted by Crippen LogP contribution is 2.44. The van der Waals surface area contributed by atoms with Gasteiger partial charge in [-0.3, -0.25) is 11.3 Å². The minimum absolute atomic E-state index is 0.0436. The molecule has 1 aliphatic carbocycles. The summed E-state index contributed by atoms with van der Waals surface area (Å²) in [6.45, 7) is 6.95. The highest BCUT2D eigenvalue weighted by atomic mass is 16.5. The Morgan fingerprint density at radius 1 is 1.17 bits per heavy atom. The van der Waals surface area contributed by atoms with Gasteiger partial charge in [-0.25, -0.2) is 0 Å². The van der Waals surface area contributed by atoms with Crippen LogP contribution in [0, 0.1) is 5.41 Å². The van der Waals surface area contributed by atoms with Crippen molar-refractivity contribution in [3.63, 3.8) is 0 Å². The van der Waals surface area contributed by atoms with Gasteiger partial charge in [0.1, 0.15) is 0 Å². The number of hydrazine groups is 1. The first-order valence-electron chi connectivity index (χ1n) is 7.51. The maximum atomic E-state index is 5.91. The second-order valence-corrected chi connectivity index (χ2v) is 6.65. The van der Waals surface area contributed by atoms with E-state index in [1.165, 1.54) is 32.1 Å². The van der Waals surface area contributed by atoms with Gasteiger partial charge in [-0.1, -0.05) is 40.0 Å². The third kappa shape index (κ3) is 3.94. The molecule has 0 spiro atoms. The van der Waals surface area contributed by atoms with Gasteiger partial charge in [0.25, 0.3) is 0 Å². The lowest BCUT2D eigenvalue weighted by Gasteiger charge is -2.47. The molecule has 0 aliphatic heterocycles. The second kappa shape index (κ2) is 6.88. The third-order valence-corrected chi connectivity index (χ3v) is 4.79. The molecule has 1 unspecified atom stereocenters. The van der Waals surface area contributed by atoms with E-state index in [9.17, 15) is 0 Å². The minimum Gasteiger partial charge on any atom is -0.377 e. The molecule has 0 amide bonds. The molecule has 0 bridgehead atoms. The zero-order valence-electron chi connectivity index (χ0n) is 12.7. The summed E-state index contributed by atoms with van der Waals surface area (Å²) >= 11 is 0. The molecule has 0 aromatic heterocycles. The first-order chi connectivity index (χ1) is 8.49. The Balaban J connectivity index is 2.61. The van der Waals surface area contributed by atoms with E-state index in [-0.39, 0.29) is 5.60 Å². The topological polar surface area (TPSA) is 47.3 Å². The normalized spacial score (nSPS) is 23.8. The van der Waals surface area contributed by atoms with Gasteiger partial charge in [-0.15, -0.1) is 0 Å². The Kier molecular flexibility index (Phi) is 6.09. The molecule has 0 aromatic carbocycles. The smallest absolute Gasteiger partial charge is 0.0844 e. The Hall–Kier alpha value is -0.120. The summed E-state index contributed by atoms with van der Waals surface area (Å²) in [6, 6.07) is 0.296. The fourth-order valence-electron chi connectivity index (χ4n) is 3.14. The molecule has 0 saturated heterocycles. The third-order valence-electron chi connectivity index (χ3n) is 4.79. The monoisotopic (exact) mass is 256 g/mol. The summed E-state index contributed by atoms with van der Waals surface area (Å²) in [5, 5.41) is 0. The van der Waals surface area contributed by atoms with E-state index in [1.54, 1.807) is 0 Å². The molecule has 0 heterocycles. The van der Waals surface area contributed by atoms with Gasteiger partial charge >= 0.3 is 0 Å². The van der Waals surface area contributed by atoms with E-state index in [1.807, 2.05) is 7.11 Å². The van der Waals surface area contributed by atoms with E-state index in [4.69, 9.17) is 10.6 Å². The van der Waals surface area contributed by atoms with E-state index in [2.05, 4.69) is 26.2 Å². The molecular weight excluding hydrogens is 224 g/mol. The molecule has 108 valence electrons. The van der Waals surface area contributed by atoms with Gasteiger partial charge in [0.2, 0.25) is 0 Å². The van der Waals surface area contributed by atoms with Gasteiger partial charge in [0.05, 0.1) is 11.6 Å². The summed E-state index contributed by atoms with van der Waals surface area (Å²) in [7, 11) is 1.85. The fourth-order valence-corrected chi connectivity index (χ4v) is 3.14. The van der Waals surface area contributed by atoms with Gasteiger partial charge in [-0.05, 0) is 37.5 Å². The van der Waals surface area contributed by atoms with Crippen LogP contribution in [0.25, 0.3) is 0 Å². The molecule has 3 N–H and O–H groups in total. The molecule has 1 rings (SSSR count). The van der Waals surface area contributed by atoms with Crippen molar-refractivity contribution in [2.75, 3.05) is 7.11 Å². The zero-order chi connectivity index (χ0) is 13.6. The molecule has 3 nitrogen and oxygen atoms in total. The van der Waals surface area contributed by atoms with Crippen LogP contribution in [0.1, 0.15) is 72.1 Å².